The van der Waals surface area contributed by atoms with Crippen LogP contribution in [-0.2, 0) is 27.8 Å². The lowest BCUT2D eigenvalue weighted by Gasteiger charge is -2.33. The minimum atomic E-state index is -0.874. The second kappa shape index (κ2) is 9.87. The van der Waals surface area contributed by atoms with Crippen LogP contribution < -0.4 is 21.9 Å². The van der Waals surface area contributed by atoms with E-state index in [4.69, 9.17) is 4.74 Å². The maximum atomic E-state index is 13.1. The highest BCUT2D eigenvalue weighted by atomic mass is 16.5. The number of fused-ring (bicyclic) bond motifs is 1. The van der Waals surface area contributed by atoms with E-state index in [1.165, 1.54) is 23.9 Å². The second-order valence-corrected chi connectivity index (χ2v) is 9.24. The molecule has 0 radical (unpaired) electrons. The lowest BCUT2D eigenvalue weighted by molar-refractivity contribution is -0.146. The molecule has 1 aliphatic rings. The van der Waals surface area contributed by atoms with Gasteiger partial charge in [0, 0.05) is 36.5 Å². The maximum Gasteiger partial charge on any atom is 0.335 e. The van der Waals surface area contributed by atoms with Gasteiger partial charge in [-0.25, -0.2) is 14.2 Å². The smallest absolute Gasteiger partial charge is 0.335 e. The molecule has 1 saturated heterocycles. The van der Waals surface area contributed by atoms with Crippen LogP contribution >= 0.6 is 0 Å². The normalized spacial score (nSPS) is 16.0. The third-order valence-corrected chi connectivity index (χ3v) is 6.85. The summed E-state index contributed by atoms with van der Waals surface area (Å²) >= 11 is 0. The lowest BCUT2D eigenvalue weighted by atomic mass is 9.80. The van der Waals surface area contributed by atoms with E-state index in [1.807, 2.05) is 31.2 Å². The Morgan fingerprint density at radius 1 is 1.09 bits per heavy atom. The summed E-state index contributed by atoms with van der Waals surface area (Å²) in [5.74, 6) is -0.702. The largest absolute Gasteiger partial charge is 0.467 e. The van der Waals surface area contributed by atoms with Crippen molar-refractivity contribution in [3.63, 3.8) is 0 Å². The van der Waals surface area contributed by atoms with Gasteiger partial charge in [0.15, 0.2) is 0 Å². The van der Waals surface area contributed by atoms with E-state index < -0.39 is 28.7 Å². The standard InChI is InChI=1S/C26H30N4O5/c1-26(11-13-27-14-12-26)24(33)28-20(23(32)35-3)16-17-6-4-8-19-18(17)7-5-9-21(19)30-22(31)10-15-29(2)25(30)34/h4-10,15,20,27H,11-14,16H2,1-3H3,(H,28,33)/t20-/m0/s1. The van der Waals surface area contributed by atoms with Gasteiger partial charge in [-0.15, -0.1) is 0 Å². The summed E-state index contributed by atoms with van der Waals surface area (Å²) in [6.45, 7) is 3.41. The predicted molar refractivity (Wildman–Crippen MR) is 133 cm³/mol. The van der Waals surface area contributed by atoms with Crippen LogP contribution in [-0.4, -0.2) is 47.3 Å². The van der Waals surface area contributed by atoms with Gasteiger partial charge in [0.1, 0.15) is 6.04 Å². The highest BCUT2D eigenvalue weighted by molar-refractivity contribution is 5.94. The lowest BCUT2D eigenvalue weighted by Crippen LogP contribution is -2.51. The van der Waals surface area contributed by atoms with E-state index in [0.717, 1.165) is 28.6 Å². The van der Waals surface area contributed by atoms with Crippen molar-refractivity contribution in [3.8, 4) is 5.69 Å². The summed E-state index contributed by atoms with van der Waals surface area (Å²) in [6.07, 6.45) is 3.01. The van der Waals surface area contributed by atoms with Gasteiger partial charge < -0.3 is 19.9 Å². The number of aryl methyl sites for hydroxylation is 1. The average Bonchev–Trinajstić information content (AvgIpc) is 2.86. The first kappa shape index (κ1) is 24.4. The number of carbonyl (C=O) groups excluding carboxylic acids is 2. The number of aromatic nitrogens is 2. The van der Waals surface area contributed by atoms with Crippen molar-refractivity contribution < 1.29 is 14.3 Å². The summed E-state index contributed by atoms with van der Waals surface area (Å²) in [7, 11) is 2.88. The van der Waals surface area contributed by atoms with E-state index in [1.54, 1.807) is 19.2 Å². The van der Waals surface area contributed by atoms with Gasteiger partial charge in [0.05, 0.1) is 12.8 Å². The maximum absolute atomic E-state index is 13.1. The van der Waals surface area contributed by atoms with Crippen molar-refractivity contribution in [2.45, 2.75) is 32.2 Å². The summed E-state index contributed by atoms with van der Waals surface area (Å²) in [5, 5.41) is 7.63. The fraction of sp³-hybridized carbons (Fsp3) is 0.385. The molecule has 1 aromatic heterocycles. The Morgan fingerprint density at radius 2 is 1.77 bits per heavy atom. The summed E-state index contributed by atoms with van der Waals surface area (Å²) in [5.41, 5.74) is -0.197. The van der Waals surface area contributed by atoms with Crippen LogP contribution in [0.25, 0.3) is 16.5 Å². The Bertz CT molecular complexity index is 1380. The molecule has 4 rings (SSSR count). The molecule has 1 atom stereocenters. The van der Waals surface area contributed by atoms with Gasteiger partial charge in [-0.2, -0.15) is 0 Å². The van der Waals surface area contributed by atoms with Crippen LogP contribution in [0, 0.1) is 5.41 Å². The quantitative estimate of drug-likeness (QED) is 0.517. The fourth-order valence-electron chi connectivity index (χ4n) is 4.61. The Kier molecular flexibility index (Phi) is 6.88. The molecule has 35 heavy (non-hydrogen) atoms. The zero-order valence-corrected chi connectivity index (χ0v) is 20.2. The molecule has 9 nitrogen and oxygen atoms in total. The van der Waals surface area contributed by atoms with Crippen molar-refractivity contribution in [2.75, 3.05) is 20.2 Å². The number of benzene rings is 2. The van der Waals surface area contributed by atoms with Crippen molar-refractivity contribution in [1.82, 2.24) is 19.8 Å². The van der Waals surface area contributed by atoms with E-state index in [2.05, 4.69) is 10.6 Å². The molecule has 1 amide bonds. The molecule has 0 spiro atoms. The van der Waals surface area contributed by atoms with Gasteiger partial charge in [0.2, 0.25) is 5.91 Å². The average molecular weight is 479 g/mol. The number of hydrogen-bond acceptors (Lipinski definition) is 6. The number of nitrogens with one attached hydrogen (secondary N) is 2. The van der Waals surface area contributed by atoms with Crippen molar-refractivity contribution in [2.24, 2.45) is 12.5 Å². The number of ether oxygens (including phenoxy) is 1. The number of hydrogen-bond donors (Lipinski definition) is 2. The molecular formula is C26H30N4O5. The topological polar surface area (TPSA) is 111 Å². The number of carbonyl (C=O) groups is 2. The third kappa shape index (κ3) is 4.77. The Hall–Kier alpha value is -3.72. The van der Waals surface area contributed by atoms with Gasteiger partial charge >= 0.3 is 11.7 Å². The monoisotopic (exact) mass is 478 g/mol. The van der Waals surface area contributed by atoms with Gasteiger partial charge in [-0.05, 0) is 42.9 Å². The Morgan fingerprint density at radius 3 is 2.49 bits per heavy atom. The number of rotatable bonds is 6. The van der Waals surface area contributed by atoms with Crippen LogP contribution in [0.4, 0.5) is 0 Å². The molecule has 0 aliphatic carbocycles. The van der Waals surface area contributed by atoms with Crippen molar-refractivity contribution >= 4 is 22.6 Å². The summed E-state index contributed by atoms with van der Waals surface area (Å²) in [6, 6.07) is 11.3. The molecule has 184 valence electrons. The van der Waals surface area contributed by atoms with Crippen LogP contribution in [0.3, 0.4) is 0 Å². The molecule has 0 bridgehead atoms. The molecule has 0 saturated carbocycles. The highest BCUT2D eigenvalue weighted by Gasteiger charge is 2.37. The van der Waals surface area contributed by atoms with Crippen LogP contribution in [0.1, 0.15) is 25.3 Å². The molecule has 1 aliphatic heterocycles. The first-order valence-corrected chi connectivity index (χ1v) is 11.6. The van der Waals surface area contributed by atoms with Gasteiger partial charge in [0.25, 0.3) is 5.56 Å². The molecule has 2 heterocycles. The van der Waals surface area contributed by atoms with Gasteiger partial charge in [-0.1, -0.05) is 37.3 Å². The molecule has 2 N–H and O–H groups in total. The minimum absolute atomic E-state index is 0.172. The van der Waals surface area contributed by atoms with E-state index in [9.17, 15) is 19.2 Å². The van der Waals surface area contributed by atoms with Crippen LogP contribution in [0.15, 0.2) is 58.3 Å². The molecule has 1 fully saturated rings. The number of nitrogens with zero attached hydrogens (tertiary/aromatic N) is 2. The van der Waals surface area contributed by atoms with E-state index in [0.29, 0.717) is 23.9 Å². The zero-order chi connectivity index (χ0) is 25.2. The van der Waals surface area contributed by atoms with Crippen LogP contribution in [0.5, 0.6) is 0 Å². The summed E-state index contributed by atoms with van der Waals surface area (Å²) in [4.78, 5) is 51.1. The number of piperidine rings is 1. The second-order valence-electron chi connectivity index (χ2n) is 9.24. The molecule has 9 heteroatoms. The molecule has 3 aromatic rings. The van der Waals surface area contributed by atoms with Crippen LogP contribution in [0.2, 0.25) is 0 Å². The molecule has 0 unspecified atom stereocenters. The van der Waals surface area contributed by atoms with Crippen molar-refractivity contribution in [1.29, 1.82) is 0 Å². The minimum Gasteiger partial charge on any atom is -0.467 e. The highest BCUT2D eigenvalue weighted by Crippen LogP contribution is 2.29. The summed E-state index contributed by atoms with van der Waals surface area (Å²) < 4.78 is 7.47. The van der Waals surface area contributed by atoms with E-state index >= 15 is 0 Å². The van der Waals surface area contributed by atoms with Gasteiger partial charge in [-0.3, -0.25) is 9.59 Å². The van der Waals surface area contributed by atoms with Crippen molar-refractivity contribution in [3.05, 3.63) is 75.1 Å². The Labute approximate surface area is 202 Å². The third-order valence-electron chi connectivity index (χ3n) is 6.85. The number of amides is 1. The van der Waals surface area contributed by atoms with E-state index in [-0.39, 0.29) is 12.3 Å². The first-order valence-electron chi connectivity index (χ1n) is 11.6. The fourth-order valence-corrected chi connectivity index (χ4v) is 4.61. The number of esters is 1. The number of methoxy groups -OCH3 is 1. The first-order chi connectivity index (χ1) is 16.7. The zero-order valence-electron chi connectivity index (χ0n) is 20.2. The Balaban J connectivity index is 1.73. The molecular weight excluding hydrogens is 448 g/mol. The molecule has 2 aromatic carbocycles. The predicted octanol–water partition coefficient (Wildman–Crippen LogP) is 1.28. The SMILES string of the molecule is COC(=O)[C@H](Cc1cccc2c(-n3c(=O)ccn(C)c3=O)cccc12)NC(=O)C1(C)CCNCC1.